The first kappa shape index (κ1) is 19.3. The van der Waals surface area contributed by atoms with Crippen LogP contribution in [0.3, 0.4) is 0 Å². The van der Waals surface area contributed by atoms with Gasteiger partial charge in [-0.1, -0.05) is 19.3 Å². The number of carbonyl (C=O) groups excluding carboxylic acids is 2. The molecule has 3 amide bonds. The number of hydrogen-bond acceptors (Lipinski definition) is 3. The number of fused-ring (bicyclic) bond motifs is 1. The summed E-state index contributed by atoms with van der Waals surface area (Å²) in [7, 11) is 0. The van der Waals surface area contributed by atoms with Crippen LogP contribution in [0, 0.1) is 11.8 Å². The quantitative estimate of drug-likeness (QED) is 0.652. The smallest absolute Gasteiger partial charge is 0.315 e. The largest absolute Gasteiger partial charge is 0.342 e. The van der Waals surface area contributed by atoms with Crippen LogP contribution >= 0.6 is 12.4 Å². The van der Waals surface area contributed by atoms with Crippen LogP contribution in [0.4, 0.5) is 4.79 Å². The normalized spacial score (nSPS) is 26.6. The number of carbonyl (C=O) groups is 2. The van der Waals surface area contributed by atoms with Gasteiger partial charge in [0.05, 0.1) is 0 Å². The number of halogens is 1. The molecule has 3 N–H and O–H groups in total. The minimum atomic E-state index is -0.0777. The van der Waals surface area contributed by atoms with E-state index in [0.29, 0.717) is 30.8 Å². The molecule has 0 aromatic heterocycles. The maximum absolute atomic E-state index is 12.2. The summed E-state index contributed by atoms with van der Waals surface area (Å²) in [6.45, 7) is 4.50. The van der Waals surface area contributed by atoms with Crippen molar-refractivity contribution in [2.75, 3.05) is 32.7 Å². The Hall–Kier alpha value is -1.01. The van der Waals surface area contributed by atoms with Crippen molar-refractivity contribution in [1.29, 1.82) is 0 Å². The molecule has 24 heavy (non-hydrogen) atoms. The molecule has 7 heteroatoms. The predicted molar refractivity (Wildman–Crippen MR) is 96.3 cm³/mol. The minimum Gasteiger partial charge on any atom is -0.342 e. The van der Waals surface area contributed by atoms with Crippen molar-refractivity contribution in [3.8, 4) is 0 Å². The molecule has 138 valence electrons. The Bertz CT molecular complexity index is 417. The van der Waals surface area contributed by atoms with E-state index < -0.39 is 0 Å². The van der Waals surface area contributed by atoms with E-state index in [1.165, 1.54) is 19.3 Å². The molecule has 3 fully saturated rings. The van der Waals surface area contributed by atoms with Crippen LogP contribution in [-0.4, -0.2) is 55.6 Å². The highest BCUT2D eigenvalue weighted by Gasteiger charge is 2.37. The van der Waals surface area contributed by atoms with Gasteiger partial charge in [-0.2, -0.15) is 0 Å². The molecule has 1 aliphatic carbocycles. The van der Waals surface area contributed by atoms with Crippen molar-refractivity contribution in [2.24, 2.45) is 11.8 Å². The van der Waals surface area contributed by atoms with E-state index in [9.17, 15) is 9.59 Å². The molecule has 3 rings (SSSR count). The van der Waals surface area contributed by atoms with Crippen molar-refractivity contribution in [3.63, 3.8) is 0 Å². The summed E-state index contributed by atoms with van der Waals surface area (Å²) in [6, 6.07) is 0.258. The zero-order chi connectivity index (χ0) is 16.1. The lowest BCUT2D eigenvalue weighted by atomic mass is 9.96. The van der Waals surface area contributed by atoms with E-state index in [2.05, 4.69) is 16.0 Å². The van der Waals surface area contributed by atoms with Crippen LogP contribution in [0.1, 0.15) is 44.9 Å². The van der Waals surface area contributed by atoms with E-state index in [1.54, 1.807) is 0 Å². The molecule has 3 aliphatic rings. The highest BCUT2D eigenvalue weighted by molar-refractivity contribution is 5.85. The molecule has 0 radical (unpaired) electrons. The molecule has 6 nitrogen and oxygen atoms in total. The van der Waals surface area contributed by atoms with Crippen LogP contribution in [0.2, 0.25) is 0 Å². The summed E-state index contributed by atoms with van der Waals surface area (Å²) < 4.78 is 0. The molecular formula is C17H31ClN4O2. The Morgan fingerprint density at radius 3 is 2.38 bits per heavy atom. The molecule has 0 bridgehead atoms. The van der Waals surface area contributed by atoms with E-state index in [4.69, 9.17) is 0 Å². The first-order chi connectivity index (χ1) is 11.2. The summed E-state index contributed by atoms with van der Waals surface area (Å²) in [5, 5.41) is 9.31. The fourth-order valence-electron chi connectivity index (χ4n) is 4.14. The van der Waals surface area contributed by atoms with E-state index in [0.717, 1.165) is 45.4 Å². The molecule has 2 aliphatic heterocycles. The Balaban J connectivity index is 0.00000208. The van der Waals surface area contributed by atoms with E-state index in [-0.39, 0.29) is 24.3 Å². The molecule has 0 unspecified atom stereocenters. The Labute approximate surface area is 150 Å². The van der Waals surface area contributed by atoms with E-state index >= 15 is 0 Å². The van der Waals surface area contributed by atoms with Crippen LogP contribution in [0.5, 0.6) is 0 Å². The highest BCUT2D eigenvalue weighted by Crippen LogP contribution is 2.26. The maximum Gasteiger partial charge on any atom is 0.315 e. The van der Waals surface area contributed by atoms with Crippen LogP contribution in [0.25, 0.3) is 0 Å². The predicted octanol–water partition coefficient (Wildman–Crippen LogP) is 1.50. The van der Waals surface area contributed by atoms with Gasteiger partial charge in [0.15, 0.2) is 0 Å². The number of rotatable bonds is 5. The molecule has 0 aromatic carbocycles. The van der Waals surface area contributed by atoms with Crippen molar-refractivity contribution < 1.29 is 9.59 Å². The molecule has 2 atom stereocenters. The topological polar surface area (TPSA) is 73.5 Å². The summed E-state index contributed by atoms with van der Waals surface area (Å²) in [4.78, 5) is 26.0. The summed E-state index contributed by atoms with van der Waals surface area (Å²) in [5.74, 6) is 1.55. The Morgan fingerprint density at radius 2 is 1.71 bits per heavy atom. The third-order valence-corrected chi connectivity index (χ3v) is 5.54. The first-order valence-corrected chi connectivity index (χ1v) is 9.25. The first-order valence-electron chi connectivity index (χ1n) is 9.25. The minimum absolute atomic E-state index is 0. The highest BCUT2D eigenvalue weighted by atomic mass is 35.5. The number of nitrogens with zero attached hydrogens (tertiary/aromatic N) is 1. The van der Waals surface area contributed by atoms with Gasteiger partial charge >= 0.3 is 6.03 Å². The second-order valence-electron chi connectivity index (χ2n) is 7.32. The Morgan fingerprint density at radius 1 is 1.04 bits per heavy atom. The average molecular weight is 359 g/mol. The Kier molecular flexibility index (Phi) is 7.62. The lowest BCUT2D eigenvalue weighted by molar-refractivity contribution is -0.130. The van der Waals surface area contributed by atoms with Gasteiger partial charge in [-0.05, 0) is 31.1 Å². The molecular weight excluding hydrogens is 328 g/mol. The van der Waals surface area contributed by atoms with Gasteiger partial charge in [0.25, 0.3) is 0 Å². The summed E-state index contributed by atoms with van der Waals surface area (Å²) >= 11 is 0. The van der Waals surface area contributed by atoms with Gasteiger partial charge in [0.2, 0.25) is 5.91 Å². The standard InChI is InChI=1S/C17H30N4O2.ClH/c22-16(21-11-13-9-18-10-14(13)12-21)7-4-8-19-17(23)20-15-5-2-1-3-6-15;/h13-15,18H,1-12H2,(H2,19,20,23);1H/t13-,14+;. The van der Waals surface area contributed by atoms with Gasteiger partial charge in [-0.15, -0.1) is 12.4 Å². The monoisotopic (exact) mass is 358 g/mol. The molecule has 2 saturated heterocycles. The van der Waals surface area contributed by atoms with Gasteiger partial charge in [-0.25, -0.2) is 4.79 Å². The summed E-state index contributed by atoms with van der Waals surface area (Å²) in [5.41, 5.74) is 0. The van der Waals surface area contributed by atoms with Gasteiger partial charge in [0.1, 0.15) is 0 Å². The third kappa shape index (κ3) is 5.24. The molecule has 0 aromatic rings. The van der Waals surface area contributed by atoms with Gasteiger partial charge in [-0.3, -0.25) is 4.79 Å². The van der Waals surface area contributed by atoms with E-state index in [1.807, 2.05) is 4.90 Å². The van der Waals surface area contributed by atoms with Gasteiger partial charge < -0.3 is 20.9 Å². The number of amides is 3. The fraction of sp³-hybridized carbons (Fsp3) is 0.882. The molecule has 2 heterocycles. The van der Waals surface area contributed by atoms with Crippen molar-refractivity contribution in [2.45, 2.75) is 51.0 Å². The molecule has 0 spiro atoms. The lowest BCUT2D eigenvalue weighted by Crippen LogP contribution is -2.43. The van der Waals surface area contributed by atoms with Crippen LogP contribution in [0.15, 0.2) is 0 Å². The van der Waals surface area contributed by atoms with Crippen molar-refractivity contribution >= 4 is 24.3 Å². The number of nitrogens with one attached hydrogen (secondary N) is 3. The molecule has 1 saturated carbocycles. The van der Waals surface area contributed by atoms with Crippen LogP contribution < -0.4 is 16.0 Å². The zero-order valence-electron chi connectivity index (χ0n) is 14.4. The van der Waals surface area contributed by atoms with Crippen molar-refractivity contribution in [1.82, 2.24) is 20.9 Å². The number of likely N-dealkylation sites (tertiary alicyclic amines) is 1. The lowest BCUT2D eigenvalue weighted by Gasteiger charge is -2.23. The third-order valence-electron chi connectivity index (χ3n) is 5.54. The van der Waals surface area contributed by atoms with Gasteiger partial charge in [0, 0.05) is 45.2 Å². The SMILES string of the molecule is Cl.O=C(NCCCC(=O)N1C[C@H]2CNC[C@H]2C1)NC1CCCCC1. The second kappa shape index (κ2) is 9.47. The van der Waals surface area contributed by atoms with Crippen LogP contribution in [-0.2, 0) is 4.79 Å². The zero-order valence-corrected chi connectivity index (χ0v) is 15.2. The average Bonchev–Trinajstić information content (AvgIpc) is 3.14. The number of urea groups is 1. The maximum atomic E-state index is 12.2. The van der Waals surface area contributed by atoms with Crippen molar-refractivity contribution in [3.05, 3.63) is 0 Å². The fourth-order valence-corrected chi connectivity index (χ4v) is 4.14. The second-order valence-corrected chi connectivity index (χ2v) is 7.32. The number of hydrogen-bond donors (Lipinski definition) is 3. The summed E-state index contributed by atoms with van der Waals surface area (Å²) in [6.07, 6.45) is 7.17.